The Morgan fingerprint density at radius 2 is 1.54 bits per heavy atom. The summed E-state index contributed by atoms with van der Waals surface area (Å²) in [5.41, 5.74) is 0.820. The standard InChI is InChI=1S/C20H13FN2O3/c21-13-6-8-14(9-7-13)26-15-10-16(12-4-2-1-3-5-12)18-17(11-15)19(24)23-20(25)22-18/h1-11H,(H2,22,23,24,25). The van der Waals surface area contributed by atoms with E-state index in [1.807, 2.05) is 30.3 Å². The predicted octanol–water partition coefficient (Wildman–Crippen LogP) is 3.81. The lowest BCUT2D eigenvalue weighted by Gasteiger charge is -2.11. The number of fused-ring (bicyclic) bond motifs is 1. The van der Waals surface area contributed by atoms with Gasteiger partial charge in [-0.25, -0.2) is 9.18 Å². The van der Waals surface area contributed by atoms with Crippen molar-refractivity contribution in [3.05, 3.63) is 93.4 Å². The molecule has 0 spiro atoms. The van der Waals surface area contributed by atoms with Gasteiger partial charge in [0.25, 0.3) is 5.56 Å². The lowest BCUT2D eigenvalue weighted by atomic mass is 10.0. The highest BCUT2D eigenvalue weighted by Gasteiger charge is 2.12. The Morgan fingerprint density at radius 3 is 2.27 bits per heavy atom. The number of ether oxygens (including phenoxy) is 1. The number of halogens is 1. The van der Waals surface area contributed by atoms with Crippen molar-refractivity contribution < 1.29 is 9.13 Å². The lowest BCUT2D eigenvalue weighted by Crippen LogP contribution is -2.22. The molecule has 0 aliphatic heterocycles. The van der Waals surface area contributed by atoms with Crippen LogP contribution in [-0.4, -0.2) is 9.97 Å². The first kappa shape index (κ1) is 15.8. The van der Waals surface area contributed by atoms with Gasteiger partial charge in [0.05, 0.1) is 10.9 Å². The van der Waals surface area contributed by atoms with Crippen molar-refractivity contribution in [1.29, 1.82) is 0 Å². The summed E-state index contributed by atoms with van der Waals surface area (Å²) in [6, 6.07) is 18.2. The van der Waals surface area contributed by atoms with Gasteiger partial charge in [0, 0.05) is 5.56 Å². The maximum absolute atomic E-state index is 13.1. The summed E-state index contributed by atoms with van der Waals surface area (Å²) in [5.74, 6) is 0.473. The first-order valence-electron chi connectivity index (χ1n) is 7.89. The SMILES string of the molecule is O=c1[nH]c(=O)c2cc(Oc3ccc(F)cc3)cc(-c3ccccc3)c2[nH]1. The zero-order valence-corrected chi connectivity index (χ0v) is 13.5. The number of aromatic nitrogens is 2. The summed E-state index contributed by atoms with van der Waals surface area (Å²) in [5, 5.41) is 0.295. The zero-order chi connectivity index (χ0) is 18.1. The van der Waals surface area contributed by atoms with Gasteiger partial charge in [-0.3, -0.25) is 9.78 Å². The Kier molecular flexibility index (Phi) is 3.85. The van der Waals surface area contributed by atoms with Crippen LogP contribution in [0.1, 0.15) is 0 Å². The van der Waals surface area contributed by atoms with Crippen molar-refractivity contribution in [3.63, 3.8) is 0 Å². The summed E-state index contributed by atoms with van der Waals surface area (Å²) in [4.78, 5) is 28.9. The number of aromatic amines is 2. The van der Waals surface area contributed by atoms with E-state index in [4.69, 9.17) is 4.74 Å². The Balaban J connectivity index is 1.94. The molecule has 128 valence electrons. The van der Waals surface area contributed by atoms with E-state index in [0.717, 1.165) is 5.56 Å². The monoisotopic (exact) mass is 348 g/mol. The normalized spacial score (nSPS) is 10.8. The summed E-state index contributed by atoms with van der Waals surface area (Å²) >= 11 is 0. The molecule has 1 heterocycles. The molecule has 0 radical (unpaired) electrons. The third kappa shape index (κ3) is 3.00. The first-order valence-corrected chi connectivity index (χ1v) is 7.89. The molecule has 4 rings (SSSR count). The molecule has 26 heavy (non-hydrogen) atoms. The van der Waals surface area contributed by atoms with Gasteiger partial charge in [0.1, 0.15) is 17.3 Å². The fraction of sp³-hybridized carbons (Fsp3) is 0. The minimum absolute atomic E-state index is 0.295. The molecule has 0 unspecified atom stereocenters. The van der Waals surface area contributed by atoms with Crippen LogP contribution in [0.15, 0.2) is 76.3 Å². The molecular weight excluding hydrogens is 335 g/mol. The number of nitrogens with one attached hydrogen (secondary N) is 2. The van der Waals surface area contributed by atoms with Crippen LogP contribution in [0.2, 0.25) is 0 Å². The van der Waals surface area contributed by atoms with E-state index in [9.17, 15) is 14.0 Å². The second-order valence-corrected chi connectivity index (χ2v) is 5.72. The molecule has 2 N–H and O–H groups in total. The van der Waals surface area contributed by atoms with Gasteiger partial charge in [-0.2, -0.15) is 0 Å². The molecule has 6 heteroatoms. The summed E-state index contributed by atoms with van der Waals surface area (Å²) < 4.78 is 18.9. The van der Waals surface area contributed by atoms with Gasteiger partial charge in [0.2, 0.25) is 0 Å². The molecule has 1 aromatic heterocycles. The number of hydrogen-bond acceptors (Lipinski definition) is 3. The van der Waals surface area contributed by atoms with Gasteiger partial charge in [-0.1, -0.05) is 30.3 Å². The minimum atomic E-state index is -0.577. The van der Waals surface area contributed by atoms with Gasteiger partial charge < -0.3 is 9.72 Å². The van der Waals surface area contributed by atoms with Crippen LogP contribution >= 0.6 is 0 Å². The quantitative estimate of drug-likeness (QED) is 0.591. The zero-order valence-electron chi connectivity index (χ0n) is 13.5. The molecule has 3 aromatic carbocycles. The van der Waals surface area contributed by atoms with Crippen LogP contribution < -0.4 is 16.0 Å². The smallest absolute Gasteiger partial charge is 0.326 e. The van der Waals surface area contributed by atoms with Crippen LogP contribution in [-0.2, 0) is 0 Å². The Morgan fingerprint density at radius 1 is 0.808 bits per heavy atom. The van der Waals surface area contributed by atoms with E-state index in [2.05, 4.69) is 9.97 Å². The predicted molar refractivity (Wildman–Crippen MR) is 97.1 cm³/mol. The molecule has 5 nitrogen and oxygen atoms in total. The van der Waals surface area contributed by atoms with E-state index in [0.29, 0.717) is 28.0 Å². The van der Waals surface area contributed by atoms with Crippen LogP contribution in [0.3, 0.4) is 0 Å². The Bertz CT molecular complexity index is 1200. The van der Waals surface area contributed by atoms with Crippen molar-refractivity contribution in [2.24, 2.45) is 0 Å². The van der Waals surface area contributed by atoms with Gasteiger partial charge in [-0.05, 0) is 42.0 Å². The Labute approximate surface area is 146 Å². The second kappa shape index (κ2) is 6.33. The van der Waals surface area contributed by atoms with Crippen LogP contribution in [0.4, 0.5) is 4.39 Å². The van der Waals surface area contributed by atoms with Crippen LogP contribution in [0, 0.1) is 5.82 Å². The van der Waals surface area contributed by atoms with E-state index in [1.54, 1.807) is 12.1 Å². The minimum Gasteiger partial charge on any atom is -0.457 e. The van der Waals surface area contributed by atoms with Crippen molar-refractivity contribution in [2.45, 2.75) is 0 Å². The topological polar surface area (TPSA) is 74.9 Å². The highest BCUT2D eigenvalue weighted by atomic mass is 19.1. The Hall–Kier alpha value is -3.67. The van der Waals surface area contributed by atoms with E-state index < -0.39 is 11.2 Å². The highest BCUT2D eigenvalue weighted by Crippen LogP contribution is 2.32. The molecule has 0 aliphatic rings. The van der Waals surface area contributed by atoms with Gasteiger partial charge in [-0.15, -0.1) is 0 Å². The van der Waals surface area contributed by atoms with Crippen molar-refractivity contribution in [1.82, 2.24) is 9.97 Å². The van der Waals surface area contributed by atoms with Crippen LogP contribution in [0.5, 0.6) is 11.5 Å². The molecule has 0 saturated carbocycles. The fourth-order valence-corrected chi connectivity index (χ4v) is 2.79. The first-order chi connectivity index (χ1) is 12.6. The lowest BCUT2D eigenvalue weighted by molar-refractivity contribution is 0.481. The van der Waals surface area contributed by atoms with E-state index in [-0.39, 0.29) is 5.82 Å². The highest BCUT2D eigenvalue weighted by molar-refractivity contribution is 5.94. The molecule has 0 fully saturated rings. The van der Waals surface area contributed by atoms with Crippen molar-refractivity contribution >= 4 is 10.9 Å². The average Bonchev–Trinajstić information content (AvgIpc) is 2.64. The third-order valence-electron chi connectivity index (χ3n) is 3.96. The largest absolute Gasteiger partial charge is 0.457 e. The maximum Gasteiger partial charge on any atom is 0.326 e. The summed E-state index contributed by atoms with van der Waals surface area (Å²) in [7, 11) is 0. The number of H-pyrrole nitrogens is 2. The molecular formula is C20H13FN2O3. The third-order valence-corrected chi connectivity index (χ3v) is 3.96. The number of hydrogen-bond donors (Lipinski definition) is 2. The van der Waals surface area contributed by atoms with Crippen LogP contribution in [0.25, 0.3) is 22.0 Å². The molecule has 0 aliphatic carbocycles. The maximum atomic E-state index is 13.1. The fourth-order valence-electron chi connectivity index (χ4n) is 2.79. The molecule has 0 saturated heterocycles. The summed E-state index contributed by atoms with van der Waals surface area (Å²) in [6.45, 7) is 0. The van der Waals surface area contributed by atoms with Gasteiger partial charge >= 0.3 is 5.69 Å². The second-order valence-electron chi connectivity index (χ2n) is 5.72. The van der Waals surface area contributed by atoms with Crippen molar-refractivity contribution in [2.75, 3.05) is 0 Å². The summed E-state index contributed by atoms with van der Waals surface area (Å²) in [6.07, 6.45) is 0. The molecule has 0 bridgehead atoms. The number of rotatable bonds is 3. The average molecular weight is 348 g/mol. The van der Waals surface area contributed by atoms with E-state index >= 15 is 0 Å². The number of benzene rings is 3. The van der Waals surface area contributed by atoms with E-state index in [1.165, 1.54) is 24.3 Å². The van der Waals surface area contributed by atoms with Gasteiger partial charge in [0.15, 0.2) is 0 Å². The molecule has 4 aromatic rings. The molecule has 0 amide bonds. The van der Waals surface area contributed by atoms with Crippen molar-refractivity contribution in [3.8, 4) is 22.6 Å². The molecule has 0 atom stereocenters.